The summed E-state index contributed by atoms with van der Waals surface area (Å²) in [7, 11) is 0. The van der Waals surface area contributed by atoms with E-state index >= 15 is 0 Å². The number of aryl methyl sites for hydroxylation is 1. The third-order valence-corrected chi connectivity index (χ3v) is 5.67. The van der Waals surface area contributed by atoms with Crippen molar-refractivity contribution in [1.29, 1.82) is 0 Å². The van der Waals surface area contributed by atoms with Crippen LogP contribution in [-0.4, -0.2) is 38.9 Å². The standard InChI is InChI=1S/C20H23Cl3N2O4S/c1-5-28-17(27)10-19(3,4)14-8-13(6-7-24-14)18-12(2)25-15(30-18)9-16(26)29-11-20(21,22)23/h6-8H,5,9-11H2,1-4H3. The van der Waals surface area contributed by atoms with Gasteiger partial charge >= 0.3 is 11.9 Å². The number of esters is 2. The first-order valence-corrected chi connectivity index (χ1v) is 11.2. The third kappa shape index (κ3) is 7.38. The van der Waals surface area contributed by atoms with E-state index in [-0.39, 0.29) is 25.4 Å². The van der Waals surface area contributed by atoms with Crippen molar-refractivity contribution >= 4 is 58.1 Å². The monoisotopic (exact) mass is 492 g/mol. The van der Waals surface area contributed by atoms with E-state index in [1.807, 2.05) is 32.9 Å². The van der Waals surface area contributed by atoms with Crippen molar-refractivity contribution in [2.75, 3.05) is 13.2 Å². The normalized spacial score (nSPS) is 12.0. The molecule has 2 aromatic rings. The Kier molecular flexibility index (Phi) is 8.51. The highest BCUT2D eigenvalue weighted by Crippen LogP contribution is 2.34. The maximum absolute atomic E-state index is 12.0. The fourth-order valence-corrected chi connectivity index (χ4v) is 3.95. The maximum atomic E-state index is 12.0. The SMILES string of the molecule is CCOC(=O)CC(C)(C)c1cc(-c2sc(CC(=O)OCC(Cl)(Cl)Cl)nc2C)ccn1. The van der Waals surface area contributed by atoms with Crippen molar-refractivity contribution in [1.82, 2.24) is 9.97 Å². The van der Waals surface area contributed by atoms with Crippen molar-refractivity contribution in [3.8, 4) is 10.4 Å². The Bertz CT molecular complexity index is 910. The number of halogens is 3. The lowest BCUT2D eigenvalue weighted by molar-refractivity contribution is -0.144. The first-order valence-electron chi connectivity index (χ1n) is 9.22. The minimum atomic E-state index is -1.65. The molecule has 0 saturated carbocycles. The van der Waals surface area contributed by atoms with Crippen LogP contribution in [0.4, 0.5) is 0 Å². The number of thiazole rings is 1. The van der Waals surface area contributed by atoms with Crippen LogP contribution in [0.15, 0.2) is 18.3 Å². The molecule has 10 heteroatoms. The molecule has 0 radical (unpaired) electrons. The number of pyridine rings is 1. The zero-order valence-corrected chi connectivity index (χ0v) is 20.2. The molecule has 2 rings (SSSR count). The van der Waals surface area contributed by atoms with Gasteiger partial charge in [-0.25, -0.2) is 4.98 Å². The summed E-state index contributed by atoms with van der Waals surface area (Å²) < 4.78 is 8.39. The van der Waals surface area contributed by atoms with Gasteiger partial charge in [-0.1, -0.05) is 48.7 Å². The maximum Gasteiger partial charge on any atom is 0.312 e. The van der Waals surface area contributed by atoms with Gasteiger partial charge in [0.05, 0.1) is 30.0 Å². The van der Waals surface area contributed by atoms with Crippen molar-refractivity contribution < 1.29 is 19.1 Å². The Morgan fingerprint density at radius 2 is 1.87 bits per heavy atom. The number of ether oxygens (including phenoxy) is 2. The highest BCUT2D eigenvalue weighted by atomic mass is 35.6. The molecule has 0 unspecified atom stereocenters. The summed E-state index contributed by atoms with van der Waals surface area (Å²) in [6.07, 6.45) is 1.91. The van der Waals surface area contributed by atoms with Crippen LogP contribution >= 0.6 is 46.1 Å². The largest absolute Gasteiger partial charge is 0.466 e. The predicted octanol–water partition coefficient (Wildman–Crippen LogP) is 5.20. The molecule has 0 N–H and O–H groups in total. The van der Waals surface area contributed by atoms with Gasteiger partial charge in [-0.15, -0.1) is 11.3 Å². The predicted molar refractivity (Wildman–Crippen MR) is 119 cm³/mol. The molecule has 0 aliphatic rings. The number of nitrogens with zero attached hydrogens (tertiary/aromatic N) is 2. The molecule has 164 valence electrons. The Hall–Kier alpha value is -1.41. The van der Waals surface area contributed by atoms with Crippen LogP contribution in [0.2, 0.25) is 0 Å². The van der Waals surface area contributed by atoms with Gasteiger partial charge in [-0.2, -0.15) is 0 Å². The molecule has 0 fully saturated rings. The Balaban J connectivity index is 2.18. The smallest absolute Gasteiger partial charge is 0.312 e. The quantitative estimate of drug-likeness (QED) is 0.371. The summed E-state index contributed by atoms with van der Waals surface area (Å²) in [6.45, 7) is 7.56. The topological polar surface area (TPSA) is 78.4 Å². The van der Waals surface area contributed by atoms with E-state index in [0.29, 0.717) is 11.6 Å². The number of rotatable bonds is 8. The van der Waals surface area contributed by atoms with E-state index in [9.17, 15) is 9.59 Å². The van der Waals surface area contributed by atoms with Gasteiger partial charge in [0.15, 0.2) is 0 Å². The Labute approximate surface area is 194 Å². The van der Waals surface area contributed by atoms with Crippen molar-refractivity contribution in [3.63, 3.8) is 0 Å². The second-order valence-electron chi connectivity index (χ2n) is 7.27. The molecular formula is C20H23Cl3N2O4S. The van der Waals surface area contributed by atoms with Gasteiger partial charge < -0.3 is 9.47 Å². The summed E-state index contributed by atoms with van der Waals surface area (Å²) in [5, 5.41) is 0.598. The summed E-state index contributed by atoms with van der Waals surface area (Å²) in [6, 6.07) is 3.81. The minimum Gasteiger partial charge on any atom is -0.466 e. The number of carbonyl (C=O) groups is 2. The van der Waals surface area contributed by atoms with E-state index in [2.05, 4.69) is 9.97 Å². The van der Waals surface area contributed by atoms with Gasteiger partial charge in [0, 0.05) is 17.3 Å². The average molecular weight is 494 g/mol. The van der Waals surface area contributed by atoms with Gasteiger partial charge in [0.1, 0.15) is 11.6 Å². The van der Waals surface area contributed by atoms with Crippen LogP contribution in [-0.2, 0) is 30.9 Å². The number of alkyl halides is 3. The van der Waals surface area contributed by atoms with Crippen LogP contribution in [0.5, 0.6) is 0 Å². The van der Waals surface area contributed by atoms with E-state index in [0.717, 1.165) is 21.8 Å². The Morgan fingerprint density at radius 1 is 1.17 bits per heavy atom. The molecule has 0 spiro atoms. The molecule has 2 aromatic heterocycles. The Morgan fingerprint density at radius 3 is 2.50 bits per heavy atom. The number of aromatic nitrogens is 2. The lowest BCUT2D eigenvalue weighted by atomic mass is 9.84. The fraction of sp³-hybridized carbons (Fsp3) is 0.500. The van der Waals surface area contributed by atoms with Crippen LogP contribution in [0.3, 0.4) is 0 Å². The number of hydrogen-bond donors (Lipinski definition) is 0. The van der Waals surface area contributed by atoms with E-state index in [1.54, 1.807) is 13.1 Å². The van der Waals surface area contributed by atoms with E-state index < -0.39 is 15.2 Å². The number of hydrogen-bond acceptors (Lipinski definition) is 7. The molecule has 0 atom stereocenters. The molecule has 0 aliphatic heterocycles. The molecule has 0 bridgehead atoms. The molecule has 0 aromatic carbocycles. The molecule has 0 saturated heterocycles. The fourth-order valence-electron chi connectivity index (χ4n) is 2.74. The summed E-state index contributed by atoms with van der Waals surface area (Å²) in [4.78, 5) is 33.7. The zero-order chi connectivity index (χ0) is 22.5. The van der Waals surface area contributed by atoms with E-state index in [1.165, 1.54) is 11.3 Å². The number of carbonyl (C=O) groups excluding carboxylic acids is 2. The van der Waals surface area contributed by atoms with Crippen molar-refractivity contribution in [2.45, 2.75) is 49.7 Å². The summed E-state index contributed by atoms with van der Waals surface area (Å²) >= 11 is 18.2. The first kappa shape index (κ1) is 24.9. The molecule has 6 nitrogen and oxygen atoms in total. The molecule has 30 heavy (non-hydrogen) atoms. The highest BCUT2D eigenvalue weighted by molar-refractivity contribution is 7.15. The van der Waals surface area contributed by atoms with Crippen LogP contribution < -0.4 is 0 Å². The molecular weight excluding hydrogens is 471 g/mol. The van der Waals surface area contributed by atoms with Crippen LogP contribution in [0.1, 0.15) is 43.6 Å². The lowest BCUT2D eigenvalue weighted by Crippen LogP contribution is -2.24. The van der Waals surface area contributed by atoms with E-state index in [4.69, 9.17) is 44.3 Å². The first-order chi connectivity index (χ1) is 13.9. The molecule has 0 amide bonds. The van der Waals surface area contributed by atoms with Crippen LogP contribution in [0.25, 0.3) is 10.4 Å². The van der Waals surface area contributed by atoms with Crippen LogP contribution in [0, 0.1) is 6.92 Å². The second kappa shape index (κ2) is 10.3. The van der Waals surface area contributed by atoms with Crippen molar-refractivity contribution in [3.05, 3.63) is 34.7 Å². The van der Waals surface area contributed by atoms with Gasteiger partial charge in [0.2, 0.25) is 3.79 Å². The molecule has 2 heterocycles. The van der Waals surface area contributed by atoms with Gasteiger partial charge in [-0.3, -0.25) is 14.6 Å². The lowest BCUT2D eigenvalue weighted by Gasteiger charge is -2.23. The summed E-state index contributed by atoms with van der Waals surface area (Å²) in [5.41, 5.74) is 1.96. The molecule has 0 aliphatic carbocycles. The third-order valence-electron chi connectivity index (χ3n) is 4.14. The van der Waals surface area contributed by atoms with Gasteiger partial charge in [0.25, 0.3) is 0 Å². The minimum absolute atomic E-state index is 0.0153. The summed E-state index contributed by atoms with van der Waals surface area (Å²) in [5.74, 6) is -0.785. The zero-order valence-electron chi connectivity index (χ0n) is 17.1. The van der Waals surface area contributed by atoms with Gasteiger partial charge in [-0.05, 0) is 31.5 Å². The van der Waals surface area contributed by atoms with Crippen molar-refractivity contribution in [2.24, 2.45) is 0 Å². The average Bonchev–Trinajstić information content (AvgIpc) is 2.99. The second-order valence-corrected chi connectivity index (χ2v) is 10.9. The highest BCUT2D eigenvalue weighted by Gasteiger charge is 2.27.